The highest BCUT2D eigenvalue weighted by atomic mass is 15.2. The Morgan fingerprint density at radius 1 is 1.10 bits per heavy atom. The van der Waals surface area contributed by atoms with Crippen molar-refractivity contribution in [1.29, 1.82) is 0 Å². The second-order valence-corrected chi connectivity index (χ2v) is 5.48. The molecule has 0 saturated carbocycles. The molecule has 3 N–H and O–H groups in total. The Morgan fingerprint density at radius 2 is 1.95 bits per heavy atom. The molecule has 0 aromatic heterocycles. The molecule has 1 unspecified atom stereocenters. The second kappa shape index (κ2) is 5.97. The average molecular weight is 267 g/mol. The number of nitrogens with one attached hydrogen (secondary N) is 1. The number of anilines is 2. The van der Waals surface area contributed by atoms with Gasteiger partial charge < -0.3 is 11.1 Å². The number of hydrogen-bond acceptors (Lipinski definition) is 3. The highest BCUT2D eigenvalue weighted by molar-refractivity contribution is 5.44. The number of likely N-dealkylation sites (tertiary alicyclic amines) is 1. The normalized spacial score (nSPS) is 19.1. The lowest BCUT2D eigenvalue weighted by Crippen LogP contribution is -2.25. The van der Waals surface area contributed by atoms with Gasteiger partial charge in [0.25, 0.3) is 0 Å². The van der Waals surface area contributed by atoms with Gasteiger partial charge in [-0.15, -0.1) is 0 Å². The minimum atomic E-state index is 0.540. The van der Waals surface area contributed by atoms with E-state index in [4.69, 9.17) is 5.73 Å². The Labute approximate surface area is 120 Å². The quantitative estimate of drug-likeness (QED) is 0.837. The van der Waals surface area contributed by atoms with Crippen molar-refractivity contribution in [2.75, 3.05) is 24.1 Å². The lowest BCUT2D eigenvalue weighted by Gasteiger charge is -2.17. The van der Waals surface area contributed by atoms with Crippen molar-refractivity contribution in [1.82, 2.24) is 4.90 Å². The van der Waals surface area contributed by atoms with Gasteiger partial charge in [0.05, 0.1) is 0 Å². The molecule has 104 valence electrons. The molecule has 2 aromatic rings. The molecule has 3 heteroatoms. The van der Waals surface area contributed by atoms with Gasteiger partial charge >= 0.3 is 0 Å². The Morgan fingerprint density at radius 3 is 2.75 bits per heavy atom. The van der Waals surface area contributed by atoms with E-state index in [1.165, 1.54) is 17.7 Å². The topological polar surface area (TPSA) is 41.3 Å². The Bertz CT molecular complexity index is 553. The SMILES string of the molecule is Nc1cccc(CN2CCC(Nc3ccccc3)C2)c1. The molecule has 2 aromatic carbocycles. The molecular formula is C17H21N3. The van der Waals surface area contributed by atoms with Crippen molar-refractivity contribution in [3.8, 4) is 0 Å². The molecule has 20 heavy (non-hydrogen) atoms. The molecule has 1 aliphatic rings. The maximum absolute atomic E-state index is 5.83. The Kier molecular flexibility index (Phi) is 3.88. The molecule has 1 saturated heterocycles. The summed E-state index contributed by atoms with van der Waals surface area (Å²) in [6.45, 7) is 3.21. The lowest BCUT2D eigenvalue weighted by molar-refractivity contribution is 0.329. The molecule has 3 nitrogen and oxygen atoms in total. The fourth-order valence-electron chi connectivity index (χ4n) is 2.81. The minimum absolute atomic E-state index is 0.540. The lowest BCUT2D eigenvalue weighted by atomic mass is 10.2. The van der Waals surface area contributed by atoms with Crippen LogP contribution in [0.4, 0.5) is 11.4 Å². The summed E-state index contributed by atoms with van der Waals surface area (Å²) in [5, 5.41) is 3.60. The van der Waals surface area contributed by atoms with E-state index in [0.717, 1.165) is 25.3 Å². The summed E-state index contributed by atoms with van der Waals surface area (Å²) in [4.78, 5) is 2.48. The number of rotatable bonds is 4. The standard InChI is InChI=1S/C17H21N3/c18-15-6-4-5-14(11-15)12-20-10-9-17(13-20)19-16-7-2-1-3-8-16/h1-8,11,17,19H,9-10,12-13,18H2. The van der Waals surface area contributed by atoms with E-state index in [9.17, 15) is 0 Å². The Balaban J connectivity index is 1.54. The van der Waals surface area contributed by atoms with Crippen LogP contribution >= 0.6 is 0 Å². The van der Waals surface area contributed by atoms with Gasteiger partial charge in [0.1, 0.15) is 0 Å². The molecule has 0 aliphatic carbocycles. The van der Waals surface area contributed by atoms with E-state index in [-0.39, 0.29) is 0 Å². The summed E-state index contributed by atoms with van der Waals surface area (Å²) >= 11 is 0. The van der Waals surface area contributed by atoms with Gasteiger partial charge in [-0.05, 0) is 36.2 Å². The Hall–Kier alpha value is -2.00. The first-order chi connectivity index (χ1) is 9.79. The smallest absolute Gasteiger partial charge is 0.0400 e. The average Bonchev–Trinajstić information content (AvgIpc) is 2.87. The van der Waals surface area contributed by atoms with E-state index in [2.05, 4.69) is 46.6 Å². The number of nitrogens with two attached hydrogens (primary N) is 1. The zero-order chi connectivity index (χ0) is 13.8. The van der Waals surface area contributed by atoms with Crippen LogP contribution in [0.2, 0.25) is 0 Å². The van der Waals surface area contributed by atoms with Gasteiger partial charge in [-0.2, -0.15) is 0 Å². The first-order valence-corrected chi connectivity index (χ1v) is 7.18. The molecule has 0 radical (unpaired) electrons. The summed E-state index contributed by atoms with van der Waals surface area (Å²) in [6, 6.07) is 19.2. The number of nitrogens with zero attached hydrogens (tertiary/aromatic N) is 1. The zero-order valence-corrected chi connectivity index (χ0v) is 11.6. The molecule has 3 rings (SSSR count). The third-order valence-corrected chi connectivity index (χ3v) is 3.77. The molecule has 1 heterocycles. The van der Waals surface area contributed by atoms with Crippen molar-refractivity contribution < 1.29 is 0 Å². The third kappa shape index (κ3) is 3.31. The highest BCUT2D eigenvalue weighted by Crippen LogP contribution is 2.18. The summed E-state index contributed by atoms with van der Waals surface area (Å²) in [7, 11) is 0. The predicted octanol–water partition coefficient (Wildman–Crippen LogP) is 2.96. The first kappa shape index (κ1) is 13.0. The van der Waals surface area contributed by atoms with Crippen LogP contribution < -0.4 is 11.1 Å². The van der Waals surface area contributed by atoms with E-state index in [1.54, 1.807) is 0 Å². The summed E-state index contributed by atoms with van der Waals surface area (Å²) < 4.78 is 0. The van der Waals surface area contributed by atoms with Crippen molar-refractivity contribution >= 4 is 11.4 Å². The van der Waals surface area contributed by atoms with Crippen molar-refractivity contribution in [2.24, 2.45) is 0 Å². The maximum Gasteiger partial charge on any atom is 0.0400 e. The van der Waals surface area contributed by atoms with Gasteiger partial charge in [0.2, 0.25) is 0 Å². The van der Waals surface area contributed by atoms with Gasteiger partial charge in [-0.3, -0.25) is 4.90 Å². The first-order valence-electron chi connectivity index (χ1n) is 7.18. The van der Waals surface area contributed by atoms with E-state index in [1.807, 2.05) is 18.2 Å². The molecule has 0 spiro atoms. The monoisotopic (exact) mass is 267 g/mol. The highest BCUT2D eigenvalue weighted by Gasteiger charge is 2.22. The molecule has 1 aliphatic heterocycles. The van der Waals surface area contributed by atoms with Crippen molar-refractivity contribution in [3.63, 3.8) is 0 Å². The van der Waals surface area contributed by atoms with Crippen LogP contribution in [-0.4, -0.2) is 24.0 Å². The summed E-state index contributed by atoms with van der Waals surface area (Å²) in [6.07, 6.45) is 1.19. The van der Waals surface area contributed by atoms with Gasteiger partial charge in [-0.1, -0.05) is 30.3 Å². The van der Waals surface area contributed by atoms with E-state index >= 15 is 0 Å². The van der Waals surface area contributed by atoms with Gasteiger partial charge in [0.15, 0.2) is 0 Å². The van der Waals surface area contributed by atoms with Crippen LogP contribution in [0.25, 0.3) is 0 Å². The predicted molar refractivity (Wildman–Crippen MR) is 84.6 cm³/mol. The summed E-state index contributed by atoms with van der Waals surface area (Å²) in [5.41, 5.74) is 9.19. The van der Waals surface area contributed by atoms with Crippen molar-refractivity contribution in [3.05, 3.63) is 60.2 Å². The van der Waals surface area contributed by atoms with Crippen molar-refractivity contribution in [2.45, 2.75) is 19.0 Å². The van der Waals surface area contributed by atoms with E-state index in [0.29, 0.717) is 6.04 Å². The zero-order valence-electron chi connectivity index (χ0n) is 11.6. The number of hydrogen-bond donors (Lipinski definition) is 2. The summed E-state index contributed by atoms with van der Waals surface area (Å²) in [5.74, 6) is 0. The fraction of sp³-hybridized carbons (Fsp3) is 0.294. The maximum atomic E-state index is 5.83. The number of nitrogen functional groups attached to an aromatic ring is 1. The van der Waals surface area contributed by atoms with Crippen LogP contribution in [0.5, 0.6) is 0 Å². The molecule has 0 bridgehead atoms. The third-order valence-electron chi connectivity index (χ3n) is 3.77. The van der Waals surface area contributed by atoms with Crippen LogP contribution in [0, 0.1) is 0 Å². The number of para-hydroxylation sites is 1. The van der Waals surface area contributed by atoms with Crippen LogP contribution in [-0.2, 0) is 6.54 Å². The molecular weight excluding hydrogens is 246 g/mol. The van der Waals surface area contributed by atoms with Crippen LogP contribution in [0.1, 0.15) is 12.0 Å². The molecule has 1 fully saturated rings. The minimum Gasteiger partial charge on any atom is -0.399 e. The number of benzene rings is 2. The molecule has 0 amide bonds. The largest absolute Gasteiger partial charge is 0.399 e. The van der Waals surface area contributed by atoms with Gasteiger partial charge in [0, 0.05) is 37.1 Å². The second-order valence-electron chi connectivity index (χ2n) is 5.48. The van der Waals surface area contributed by atoms with Crippen LogP contribution in [0.15, 0.2) is 54.6 Å². The van der Waals surface area contributed by atoms with Gasteiger partial charge in [-0.25, -0.2) is 0 Å². The van der Waals surface area contributed by atoms with Crippen LogP contribution in [0.3, 0.4) is 0 Å². The fourth-order valence-corrected chi connectivity index (χ4v) is 2.81. The van der Waals surface area contributed by atoms with E-state index < -0.39 is 0 Å². The molecule has 1 atom stereocenters.